The third-order valence-electron chi connectivity index (χ3n) is 2.22. The Bertz CT molecular complexity index is 409. The Morgan fingerprint density at radius 3 is 2.56 bits per heavy atom. The first-order valence-corrected chi connectivity index (χ1v) is 4.56. The first-order valence-electron chi connectivity index (χ1n) is 4.56. The number of halogens is 2. The van der Waals surface area contributed by atoms with Gasteiger partial charge in [-0.15, -0.1) is 0 Å². The molecule has 0 aliphatic carbocycles. The summed E-state index contributed by atoms with van der Waals surface area (Å²) in [6.45, 7) is -0.219. The number of phenolic OH excluding ortho intramolecular Hbond substituents is 1. The zero-order valence-corrected chi connectivity index (χ0v) is 8.28. The van der Waals surface area contributed by atoms with Gasteiger partial charge >= 0.3 is 5.97 Å². The van der Waals surface area contributed by atoms with Crippen molar-refractivity contribution in [3.63, 3.8) is 0 Å². The maximum absolute atomic E-state index is 13.4. The molecule has 0 heterocycles. The lowest BCUT2D eigenvalue weighted by Crippen LogP contribution is -2.18. The van der Waals surface area contributed by atoms with Gasteiger partial charge in [0.1, 0.15) is 5.82 Å². The number of nitrogens with two attached hydrogens (primary N) is 1. The molecule has 4 N–H and O–H groups in total. The van der Waals surface area contributed by atoms with E-state index in [0.29, 0.717) is 0 Å². The molecule has 0 fully saturated rings. The first kappa shape index (κ1) is 12.4. The van der Waals surface area contributed by atoms with Crippen molar-refractivity contribution < 1.29 is 23.8 Å². The fourth-order valence-corrected chi connectivity index (χ4v) is 1.45. The Labute approximate surface area is 90.3 Å². The standard InChI is InChI=1S/C10H11F2NO3/c11-6-1-2-7(14)10(12)9(6)5(4-13)3-8(15)16/h1-2,5,14H,3-4,13H2,(H,15,16). The quantitative estimate of drug-likeness (QED) is 0.726. The zero-order valence-electron chi connectivity index (χ0n) is 8.28. The molecule has 88 valence electrons. The van der Waals surface area contributed by atoms with Crippen molar-refractivity contribution in [2.24, 2.45) is 5.73 Å². The second-order valence-corrected chi connectivity index (χ2v) is 3.32. The third kappa shape index (κ3) is 2.46. The van der Waals surface area contributed by atoms with Gasteiger partial charge in [-0.05, 0) is 18.7 Å². The minimum Gasteiger partial charge on any atom is -0.505 e. The van der Waals surface area contributed by atoms with Crippen LogP contribution < -0.4 is 5.73 Å². The van der Waals surface area contributed by atoms with E-state index in [1.165, 1.54) is 0 Å². The van der Waals surface area contributed by atoms with Gasteiger partial charge in [0, 0.05) is 11.5 Å². The number of hydrogen-bond donors (Lipinski definition) is 3. The number of hydrogen-bond acceptors (Lipinski definition) is 3. The Hall–Kier alpha value is -1.69. The average Bonchev–Trinajstić information content (AvgIpc) is 2.22. The predicted molar refractivity (Wildman–Crippen MR) is 52.1 cm³/mol. The molecule has 0 saturated carbocycles. The summed E-state index contributed by atoms with van der Waals surface area (Å²) in [5.74, 6) is -4.99. The maximum Gasteiger partial charge on any atom is 0.304 e. The van der Waals surface area contributed by atoms with E-state index in [9.17, 15) is 13.6 Å². The van der Waals surface area contributed by atoms with Crippen molar-refractivity contribution in [2.45, 2.75) is 12.3 Å². The smallest absolute Gasteiger partial charge is 0.304 e. The van der Waals surface area contributed by atoms with Gasteiger partial charge in [0.2, 0.25) is 0 Å². The average molecular weight is 231 g/mol. The van der Waals surface area contributed by atoms with Crippen molar-refractivity contribution in [1.82, 2.24) is 0 Å². The summed E-state index contributed by atoms with van der Waals surface area (Å²) in [7, 11) is 0. The number of carboxylic acids is 1. The molecule has 1 aromatic rings. The molecule has 0 bridgehead atoms. The van der Waals surface area contributed by atoms with Crippen molar-refractivity contribution in [1.29, 1.82) is 0 Å². The lowest BCUT2D eigenvalue weighted by Gasteiger charge is -2.15. The second-order valence-electron chi connectivity index (χ2n) is 3.32. The molecule has 0 aliphatic heterocycles. The van der Waals surface area contributed by atoms with Gasteiger partial charge in [0.25, 0.3) is 0 Å². The highest BCUT2D eigenvalue weighted by Gasteiger charge is 2.23. The molecule has 6 heteroatoms. The first-order chi connectivity index (χ1) is 7.47. The molecule has 1 atom stereocenters. The van der Waals surface area contributed by atoms with Crippen LogP contribution in [0, 0.1) is 11.6 Å². The molecular weight excluding hydrogens is 220 g/mol. The van der Waals surface area contributed by atoms with Crippen LogP contribution in [0.1, 0.15) is 17.9 Å². The summed E-state index contributed by atoms with van der Waals surface area (Å²) in [6, 6.07) is 1.74. The van der Waals surface area contributed by atoms with Crippen LogP contribution in [0.3, 0.4) is 0 Å². The summed E-state index contributed by atoms with van der Waals surface area (Å²) < 4.78 is 26.7. The molecule has 0 saturated heterocycles. The SMILES string of the molecule is NCC(CC(=O)O)c1c(F)ccc(O)c1F. The van der Waals surface area contributed by atoms with E-state index in [-0.39, 0.29) is 6.54 Å². The molecule has 0 radical (unpaired) electrons. The Balaban J connectivity index is 3.18. The van der Waals surface area contributed by atoms with Crippen molar-refractivity contribution in [2.75, 3.05) is 6.54 Å². The zero-order chi connectivity index (χ0) is 12.3. The second kappa shape index (κ2) is 4.89. The van der Waals surface area contributed by atoms with Crippen LogP contribution in [0.2, 0.25) is 0 Å². The molecule has 1 aromatic carbocycles. The number of aliphatic carboxylic acids is 1. The van der Waals surface area contributed by atoms with E-state index in [2.05, 4.69) is 0 Å². The largest absolute Gasteiger partial charge is 0.505 e. The van der Waals surface area contributed by atoms with E-state index >= 15 is 0 Å². The number of benzene rings is 1. The fourth-order valence-electron chi connectivity index (χ4n) is 1.45. The summed E-state index contributed by atoms with van der Waals surface area (Å²) in [5.41, 5.74) is 4.78. The van der Waals surface area contributed by atoms with Crippen molar-refractivity contribution in [3.8, 4) is 5.75 Å². The van der Waals surface area contributed by atoms with Gasteiger partial charge in [-0.3, -0.25) is 4.79 Å². The topological polar surface area (TPSA) is 83.6 Å². The summed E-state index contributed by atoms with van der Waals surface area (Å²) in [5, 5.41) is 17.6. The monoisotopic (exact) mass is 231 g/mol. The lowest BCUT2D eigenvalue weighted by molar-refractivity contribution is -0.137. The van der Waals surface area contributed by atoms with Crippen LogP contribution in [0.15, 0.2) is 12.1 Å². The molecule has 0 amide bonds. The van der Waals surface area contributed by atoms with Crippen LogP contribution in [0.4, 0.5) is 8.78 Å². The number of carboxylic acid groups (broad SMARTS) is 1. The summed E-state index contributed by atoms with van der Waals surface area (Å²) in [6.07, 6.45) is -0.492. The Morgan fingerprint density at radius 1 is 1.44 bits per heavy atom. The number of rotatable bonds is 4. The minimum atomic E-state index is -1.21. The number of phenols is 1. The van der Waals surface area contributed by atoms with E-state index in [1.807, 2.05) is 0 Å². The molecule has 16 heavy (non-hydrogen) atoms. The Kier molecular flexibility index (Phi) is 3.78. The highest BCUT2D eigenvalue weighted by Crippen LogP contribution is 2.29. The van der Waals surface area contributed by atoms with Gasteiger partial charge in [-0.2, -0.15) is 0 Å². The normalized spacial score (nSPS) is 12.4. The van der Waals surface area contributed by atoms with Crippen LogP contribution in [-0.4, -0.2) is 22.7 Å². The summed E-state index contributed by atoms with van der Waals surface area (Å²) in [4.78, 5) is 10.5. The van der Waals surface area contributed by atoms with E-state index in [1.54, 1.807) is 0 Å². The molecule has 4 nitrogen and oxygen atoms in total. The van der Waals surface area contributed by atoms with E-state index in [0.717, 1.165) is 12.1 Å². The van der Waals surface area contributed by atoms with Crippen molar-refractivity contribution >= 4 is 5.97 Å². The highest BCUT2D eigenvalue weighted by molar-refractivity contribution is 5.68. The fraction of sp³-hybridized carbons (Fsp3) is 0.300. The molecular formula is C10H11F2NO3. The van der Waals surface area contributed by atoms with Crippen LogP contribution >= 0.6 is 0 Å². The van der Waals surface area contributed by atoms with E-state index in [4.69, 9.17) is 15.9 Å². The predicted octanol–water partition coefficient (Wildman–Crippen LogP) is 1.19. The molecule has 0 aliphatic rings. The van der Waals surface area contributed by atoms with Crippen LogP contribution in [-0.2, 0) is 4.79 Å². The van der Waals surface area contributed by atoms with Gasteiger partial charge in [-0.1, -0.05) is 0 Å². The van der Waals surface area contributed by atoms with Gasteiger partial charge < -0.3 is 15.9 Å². The van der Waals surface area contributed by atoms with Crippen molar-refractivity contribution in [3.05, 3.63) is 29.3 Å². The van der Waals surface area contributed by atoms with Gasteiger partial charge in [0.15, 0.2) is 11.6 Å². The molecule has 1 rings (SSSR count). The molecule has 1 unspecified atom stereocenters. The van der Waals surface area contributed by atoms with Gasteiger partial charge in [0.05, 0.1) is 6.42 Å². The highest BCUT2D eigenvalue weighted by atomic mass is 19.1. The third-order valence-corrected chi connectivity index (χ3v) is 2.22. The van der Waals surface area contributed by atoms with Gasteiger partial charge in [-0.25, -0.2) is 8.78 Å². The molecule has 0 aromatic heterocycles. The van der Waals surface area contributed by atoms with E-state index < -0.39 is 41.3 Å². The summed E-state index contributed by atoms with van der Waals surface area (Å²) >= 11 is 0. The number of carbonyl (C=O) groups is 1. The van der Waals surface area contributed by atoms with Crippen LogP contribution in [0.25, 0.3) is 0 Å². The molecule has 0 spiro atoms. The minimum absolute atomic E-state index is 0.219. The Morgan fingerprint density at radius 2 is 2.06 bits per heavy atom. The van der Waals surface area contributed by atoms with Crippen LogP contribution in [0.5, 0.6) is 5.75 Å². The number of aromatic hydroxyl groups is 1. The maximum atomic E-state index is 13.4. The lowest BCUT2D eigenvalue weighted by atomic mass is 9.94.